The molecule has 2 unspecified atom stereocenters. The molecule has 5 rings (SSSR count). The van der Waals surface area contributed by atoms with Gasteiger partial charge >= 0.3 is 5.97 Å². The van der Waals surface area contributed by atoms with Crippen LogP contribution in [0.4, 0.5) is 0 Å². The van der Waals surface area contributed by atoms with Gasteiger partial charge in [0.25, 0.3) is 0 Å². The molecule has 2 atom stereocenters. The van der Waals surface area contributed by atoms with Gasteiger partial charge in [-0.3, -0.25) is 4.79 Å². The van der Waals surface area contributed by atoms with Gasteiger partial charge in [0, 0.05) is 29.3 Å². The first kappa shape index (κ1) is 29.0. The van der Waals surface area contributed by atoms with E-state index < -0.39 is 11.9 Å². The highest BCUT2D eigenvalue weighted by atomic mass is 79.9. The number of rotatable bonds is 8. The van der Waals surface area contributed by atoms with Crippen LogP contribution in [0.3, 0.4) is 0 Å². The summed E-state index contributed by atoms with van der Waals surface area (Å²) in [5, 5.41) is 14.0. The number of benzene rings is 2. The SMILES string of the molecule is CCOc1cc(C2C(C(=O)OC3CCCC3)=C(C)NC3=C2C(=O)CC(c2ccc(OC)c(OC)c2)C3)cc(Br)c1O. The number of aromatic hydroxyl groups is 1. The van der Waals surface area contributed by atoms with Gasteiger partial charge in [-0.25, -0.2) is 4.79 Å². The Labute approximate surface area is 248 Å². The molecule has 41 heavy (non-hydrogen) atoms. The maximum Gasteiger partial charge on any atom is 0.337 e. The van der Waals surface area contributed by atoms with Crippen LogP contribution in [-0.4, -0.2) is 43.8 Å². The second kappa shape index (κ2) is 12.2. The van der Waals surface area contributed by atoms with Crippen LogP contribution in [0.25, 0.3) is 0 Å². The first-order valence-corrected chi connectivity index (χ1v) is 14.9. The predicted octanol–water partition coefficient (Wildman–Crippen LogP) is 6.42. The zero-order chi connectivity index (χ0) is 29.3. The molecule has 1 aliphatic heterocycles. The number of ketones is 1. The fourth-order valence-electron chi connectivity index (χ4n) is 6.23. The van der Waals surface area contributed by atoms with Crippen molar-refractivity contribution in [3.8, 4) is 23.0 Å². The Bertz CT molecular complexity index is 1420. The molecule has 1 saturated carbocycles. The van der Waals surface area contributed by atoms with Crippen molar-refractivity contribution in [1.29, 1.82) is 0 Å². The average Bonchev–Trinajstić information content (AvgIpc) is 3.47. The van der Waals surface area contributed by atoms with E-state index in [1.165, 1.54) is 0 Å². The highest BCUT2D eigenvalue weighted by Crippen LogP contribution is 2.49. The Morgan fingerprint density at radius 3 is 2.41 bits per heavy atom. The normalized spacial score (nSPS) is 21.0. The van der Waals surface area contributed by atoms with E-state index >= 15 is 0 Å². The van der Waals surface area contributed by atoms with Gasteiger partial charge in [0.1, 0.15) is 6.10 Å². The molecule has 3 aliphatic rings. The minimum absolute atomic E-state index is 0.0296. The summed E-state index contributed by atoms with van der Waals surface area (Å²) in [6.45, 7) is 4.03. The smallest absolute Gasteiger partial charge is 0.337 e. The monoisotopic (exact) mass is 625 g/mol. The topological polar surface area (TPSA) is 103 Å². The Balaban J connectivity index is 1.58. The number of carbonyl (C=O) groups excluding carboxylic acids is 2. The number of phenols is 1. The molecule has 2 aromatic rings. The van der Waals surface area contributed by atoms with E-state index in [4.69, 9.17) is 18.9 Å². The van der Waals surface area contributed by atoms with E-state index in [2.05, 4.69) is 21.2 Å². The van der Waals surface area contributed by atoms with Gasteiger partial charge in [-0.1, -0.05) is 6.07 Å². The van der Waals surface area contributed by atoms with Crippen LogP contribution in [-0.2, 0) is 14.3 Å². The summed E-state index contributed by atoms with van der Waals surface area (Å²) in [4.78, 5) is 27.8. The first-order chi connectivity index (χ1) is 19.7. The van der Waals surface area contributed by atoms with Gasteiger partial charge in [0.15, 0.2) is 28.8 Å². The van der Waals surface area contributed by atoms with Crippen molar-refractivity contribution >= 4 is 27.7 Å². The van der Waals surface area contributed by atoms with Gasteiger partial charge < -0.3 is 29.4 Å². The number of carbonyl (C=O) groups is 2. The maximum absolute atomic E-state index is 14.0. The molecule has 0 aromatic heterocycles. The van der Waals surface area contributed by atoms with E-state index in [0.29, 0.717) is 51.4 Å². The highest BCUT2D eigenvalue weighted by Gasteiger charge is 2.42. The van der Waals surface area contributed by atoms with Gasteiger partial charge in [-0.05, 0) is 103 Å². The molecule has 0 saturated heterocycles. The quantitative estimate of drug-likeness (QED) is 0.324. The van der Waals surface area contributed by atoms with Crippen molar-refractivity contribution in [2.45, 2.75) is 70.3 Å². The minimum atomic E-state index is -0.671. The molecular weight excluding hydrogens is 590 g/mol. The molecule has 0 amide bonds. The van der Waals surface area contributed by atoms with E-state index in [1.54, 1.807) is 26.4 Å². The number of hydrogen-bond acceptors (Lipinski definition) is 8. The largest absolute Gasteiger partial charge is 0.503 e. The standard InChI is InChI=1S/C32H36BrNO7/c1-5-40-27-16-20(12-22(33)31(27)36)29-28(32(37)41-21-8-6-7-9-21)17(2)34-23-13-19(14-24(35)30(23)29)18-10-11-25(38-3)26(15-18)39-4/h10-12,15-16,19,21,29,34,36H,5-9,13-14H2,1-4H3. The van der Waals surface area contributed by atoms with Crippen LogP contribution in [0.2, 0.25) is 0 Å². The number of hydrogen-bond donors (Lipinski definition) is 2. The van der Waals surface area contributed by atoms with Crippen LogP contribution in [0.5, 0.6) is 23.0 Å². The zero-order valence-corrected chi connectivity index (χ0v) is 25.4. The summed E-state index contributed by atoms with van der Waals surface area (Å²) < 4.78 is 23.0. The lowest BCUT2D eigenvalue weighted by molar-refractivity contribution is -0.144. The number of esters is 1. The molecule has 0 bridgehead atoms. The van der Waals surface area contributed by atoms with Crippen LogP contribution < -0.4 is 19.5 Å². The number of nitrogens with one attached hydrogen (secondary N) is 1. The van der Waals surface area contributed by atoms with Crippen LogP contribution in [0.1, 0.15) is 75.3 Å². The fourth-order valence-corrected chi connectivity index (χ4v) is 6.69. The fraction of sp³-hybridized carbons (Fsp3) is 0.438. The zero-order valence-electron chi connectivity index (χ0n) is 23.8. The Morgan fingerprint density at radius 1 is 1.02 bits per heavy atom. The van der Waals surface area contributed by atoms with Gasteiger partial charge in [0.2, 0.25) is 0 Å². The Morgan fingerprint density at radius 2 is 1.73 bits per heavy atom. The maximum atomic E-state index is 14.0. The van der Waals surface area contributed by atoms with Crippen LogP contribution in [0, 0.1) is 0 Å². The Kier molecular flexibility index (Phi) is 8.63. The van der Waals surface area contributed by atoms with E-state index in [1.807, 2.05) is 32.0 Å². The number of dihydropyridines is 1. The van der Waals surface area contributed by atoms with Crippen LogP contribution >= 0.6 is 15.9 Å². The molecule has 1 fully saturated rings. The number of methoxy groups -OCH3 is 2. The van der Waals surface area contributed by atoms with Crippen molar-refractivity contribution < 1.29 is 33.6 Å². The number of halogens is 1. The van der Waals surface area contributed by atoms with Gasteiger partial charge in [0.05, 0.1) is 30.9 Å². The van der Waals surface area contributed by atoms with E-state index in [0.717, 1.165) is 36.9 Å². The second-order valence-electron chi connectivity index (χ2n) is 10.7. The third-order valence-electron chi connectivity index (χ3n) is 8.19. The minimum Gasteiger partial charge on any atom is -0.503 e. The summed E-state index contributed by atoms with van der Waals surface area (Å²) in [5.74, 6) is 0.260. The number of phenolic OH excluding ortho intramolecular Hbond substituents is 1. The molecule has 218 valence electrons. The van der Waals surface area contributed by atoms with Gasteiger partial charge in [-0.15, -0.1) is 0 Å². The molecule has 8 nitrogen and oxygen atoms in total. The summed E-state index contributed by atoms with van der Waals surface area (Å²) in [7, 11) is 3.18. The molecule has 0 spiro atoms. The predicted molar refractivity (Wildman–Crippen MR) is 157 cm³/mol. The van der Waals surface area contributed by atoms with Crippen LogP contribution in [0.15, 0.2) is 57.3 Å². The van der Waals surface area contributed by atoms with E-state index in [9.17, 15) is 14.7 Å². The molecule has 2 N–H and O–H groups in total. The lowest BCUT2D eigenvalue weighted by Crippen LogP contribution is -2.36. The lowest BCUT2D eigenvalue weighted by atomic mass is 9.71. The molecule has 2 aliphatic carbocycles. The highest BCUT2D eigenvalue weighted by molar-refractivity contribution is 9.10. The second-order valence-corrected chi connectivity index (χ2v) is 11.6. The molecule has 0 radical (unpaired) electrons. The summed E-state index contributed by atoms with van der Waals surface area (Å²) in [6.07, 6.45) is 4.48. The summed E-state index contributed by atoms with van der Waals surface area (Å²) in [5.41, 5.74) is 4.03. The average molecular weight is 627 g/mol. The Hall–Kier alpha value is -3.46. The number of allylic oxidation sites excluding steroid dienone is 3. The molecule has 9 heteroatoms. The van der Waals surface area contributed by atoms with E-state index in [-0.39, 0.29) is 35.7 Å². The molecule has 1 heterocycles. The summed E-state index contributed by atoms with van der Waals surface area (Å²) in [6, 6.07) is 9.20. The first-order valence-electron chi connectivity index (χ1n) is 14.1. The molecular formula is C32H36BrNO7. The van der Waals surface area contributed by atoms with Crippen molar-refractivity contribution in [2.75, 3.05) is 20.8 Å². The van der Waals surface area contributed by atoms with Crippen molar-refractivity contribution in [3.05, 3.63) is 68.5 Å². The van der Waals surface area contributed by atoms with Crippen molar-refractivity contribution in [2.24, 2.45) is 0 Å². The van der Waals surface area contributed by atoms with Crippen molar-refractivity contribution in [3.63, 3.8) is 0 Å². The number of Topliss-reactive ketones (excluding diaryl/α,β-unsaturated/α-hetero) is 1. The lowest BCUT2D eigenvalue weighted by Gasteiger charge is -2.37. The van der Waals surface area contributed by atoms with Gasteiger partial charge in [-0.2, -0.15) is 0 Å². The number of ether oxygens (including phenoxy) is 4. The third kappa shape index (κ3) is 5.69. The summed E-state index contributed by atoms with van der Waals surface area (Å²) >= 11 is 3.44. The third-order valence-corrected chi connectivity index (χ3v) is 8.79. The molecule has 2 aromatic carbocycles. The van der Waals surface area contributed by atoms with Crippen molar-refractivity contribution in [1.82, 2.24) is 5.32 Å².